The van der Waals surface area contributed by atoms with Crippen molar-refractivity contribution in [3.63, 3.8) is 0 Å². The molecule has 5 heteroatoms. The first-order valence-electron chi connectivity index (χ1n) is 4.66. The van der Waals surface area contributed by atoms with Gasteiger partial charge in [-0.2, -0.15) is 0 Å². The van der Waals surface area contributed by atoms with Gasteiger partial charge in [-0.05, 0) is 5.92 Å². The van der Waals surface area contributed by atoms with Crippen LogP contribution in [0.15, 0.2) is 18.6 Å². The zero-order valence-corrected chi connectivity index (χ0v) is 8.51. The van der Waals surface area contributed by atoms with Gasteiger partial charge in [0.2, 0.25) is 0 Å². The topological polar surface area (TPSA) is 67.5 Å². The number of nitrogens with zero attached hydrogens (tertiary/aromatic N) is 3. The van der Waals surface area contributed by atoms with Crippen LogP contribution in [0, 0.1) is 0 Å². The van der Waals surface area contributed by atoms with Crippen LogP contribution in [0.1, 0.15) is 35.9 Å². The SMILES string of the molecule is CC(C)c1nc2cnccn2c1C(=O)O. The average Bonchev–Trinajstić information content (AvgIpc) is 2.56. The molecule has 0 atom stereocenters. The van der Waals surface area contributed by atoms with Gasteiger partial charge in [-0.15, -0.1) is 0 Å². The highest BCUT2D eigenvalue weighted by molar-refractivity contribution is 5.88. The molecule has 2 rings (SSSR count). The van der Waals surface area contributed by atoms with Crippen molar-refractivity contribution in [2.75, 3.05) is 0 Å². The Morgan fingerprint density at radius 2 is 2.27 bits per heavy atom. The maximum Gasteiger partial charge on any atom is 0.354 e. The highest BCUT2D eigenvalue weighted by Gasteiger charge is 2.20. The Kier molecular flexibility index (Phi) is 2.15. The van der Waals surface area contributed by atoms with Gasteiger partial charge in [0.05, 0.1) is 11.9 Å². The van der Waals surface area contributed by atoms with E-state index < -0.39 is 5.97 Å². The molecular weight excluding hydrogens is 194 g/mol. The number of rotatable bonds is 2. The number of fused-ring (bicyclic) bond motifs is 1. The maximum atomic E-state index is 11.1. The summed E-state index contributed by atoms with van der Waals surface area (Å²) in [6.07, 6.45) is 4.71. The molecule has 2 aromatic rings. The quantitative estimate of drug-likeness (QED) is 0.807. The molecule has 1 N–H and O–H groups in total. The molecule has 0 aliphatic heterocycles. The van der Waals surface area contributed by atoms with E-state index in [4.69, 9.17) is 5.11 Å². The number of hydrogen-bond acceptors (Lipinski definition) is 3. The van der Waals surface area contributed by atoms with Gasteiger partial charge in [0, 0.05) is 12.4 Å². The van der Waals surface area contributed by atoms with Crippen LogP contribution in [0.4, 0.5) is 0 Å². The van der Waals surface area contributed by atoms with Crippen molar-refractivity contribution in [2.45, 2.75) is 19.8 Å². The highest BCUT2D eigenvalue weighted by Crippen LogP contribution is 2.19. The second-order valence-corrected chi connectivity index (χ2v) is 3.61. The normalized spacial score (nSPS) is 11.1. The summed E-state index contributed by atoms with van der Waals surface area (Å²) in [4.78, 5) is 19.3. The zero-order valence-electron chi connectivity index (χ0n) is 8.51. The molecule has 0 saturated heterocycles. The molecule has 0 bridgehead atoms. The molecule has 0 fully saturated rings. The number of imidazole rings is 1. The fraction of sp³-hybridized carbons (Fsp3) is 0.300. The predicted molar refractivity (Wildman–Crippen MR) is 54.0 cm³/mol. The molecule has 0 spiro atoms. The van der Waals surface area contributed by atoms with Crippen molar-refractivity contribution in [1.82, 2.24) is 14.4 Å². The van der Waals surface area contributed by atoms with E-state index in [1.807, 2.05) is 13.8 Å². The summed E-state index contributed by atoms with van der Waals surface area (Å²) in [6, 6.07) is 0. The van der Waals surface area contributed by atoms with Crippen LogP contribution >= 0.6 is 0 Å². The van der Waals surface area contributed by atoms with Gasteiger partial charge in [0.1, 0.15) is 0 Å². The number of aromatic nitrogens is 3. The largest absolute Gasteiger partial charge is 0.477 e. The van der Waals surface area contributed by atoms with Crippen molar-refractivity contribution in [3.05, 3.63) is 30.0 Å². The third kappa shape index (κ3) is 1.45. The summed E-state index contributed by atoms with van der Waals surface area (Å²) in [6.45, 7) is 3.84. The fourth-order valence-corrected chi connectivity index (χ4v) is 1.54. The lowest BCUT2D eigenvalue weighted by molar-refractivity contribution is 0.0687. The van der Waals surface area contributed by atoms with Crippen LogP contribution in [0.25, 0.3) is 5.65 Å². The third-order valence-electron chi connectivity index (χ3n) is 2.21. The highest BCUT2D eigenvalue weighted by atomic mass is 16.4. The number of carbonyl (C=O) groups is 1. The van der Waals surface area contributed by atoms with Crippen molar-refractivity contribution in [2.24, 2.45) is 0 Å². The van der Waals surface area contributed by atoms with E-state index in [2.05, 4.69) is 9.97 Å². The smallest absolute Gasteiger partial charge is 0.354 e. The molecule has 0 aliphatic carbocycles. The van der Waals surface area contributed by atoms with E-state index in [1.54, 1.807) is 23.0 Å². The standard InChI is InChI=1S/C10H11N3O2/c1-6(2)8-9(10(14)15)13-4-3-11-5-7(13)12-8/h3-6H,1-2H3,(H,14,15). The molecule has 0 aliphatic rings. The minimum Gasteiger partial charge on any atom is -0.477 e. The van der Waals surface area contributed by atoms with Crippen molar-refractivity contribution < 1.29 is 9.90 Å². The molecule has 0 aromatic carbocycles. The second kappa shape index (κ2) is 3.34. The molecule has 15 heavy (non-hydrogen) atoms. The first-order valence-corrected chi connectivity index (χ1v) is 4.66. The summed E-state index contributed by atoms with van der Waals surface area (Å²) < 4.78 is 1.55. The second-order valence-electron chi connectivity index (χ2n) is 3.61. The molecule has 2 aromatic heterocycles. The third-order valence-corrected chi connectivity index (χ3v) is 2.21. The fourth-order valence-electron chi connectivity index (χ4n) is 1.54. The van der Waals surface area contributed by atoms with Crippen molar-refractivity contribution >= 4 is 11.6 Å². The molecular formula is C10H11N3O2. The number of aromatic carboxylic acids is 1. The Bertz CT molecular complexity index is 516. The lowest BCUT2D eigenvalue weighted by atomic mass is 10.1. The van der Waals surface area contributed by atoms with Gasteiger partial charge in [-0.3, -0.25) is 9.38 Å². The maximum absolute atomic E-state index is 11.1. The molecule has 5 nitrogen and oxygen atoms in total. The predicted octanol–water partition coefficient (Wildman–Crippen LogP) is 1.55. The van der Waals surface area contributed by atoms with E-state index in [0.29, 0.717) is 11.3 Å². The molecule has 0 radical (unpaired) electrons. The Labute approximate surface area is 86.4 Å². The van der Waals surface area contributed by atoms with Crippen LogP contribution in [-0.2, 0) is 0 Å². The molecule has 78 valence electrons. The van der Waals surface area contributed by atoms with Crippen LogP contribution in [-0.4, -0.2) is 25.4 Å². The van der Waals surface area contributed by atoms with Gasteiger partial charge in [0.15, 0.2) is 11.3 Å². The molecule has 0 amide bonds. The number of hydrogen-bond donors (Lipinski definition) is 1. The van der Waals surface area contributed by atoms with E-state index in [0.717, 1.165) is 0 Å². The van der Waals surface area contributed by atoms with Crippen LogP contribution in [0.2, 0.25) is 0 Å². The van der Waals surface area contributed by atoms with Gasteiger partial charge in [0.25, 0.3) is 0 Å². The van der Waals surface area contributed by atoms with Crippen molar-refractivity contribution in [3.8, 4) is 0 Å². The van der Waals surface area contributed by atoms with E-state index in [1.165, 1.54) is 0 Å². The number of carboxylic acid groups (broad SMARTS) is 1. The Balaban J connectivity index is 2.80. The minimum absolute atomic E-state index is 0.0796. The van der Waals surface area contributed by atoms with E-state index in [9.17, 15) is 4.79 Å². The van der Waals surface area contributed by atoms with E-state index in [-0.39, 0.29) is 11.6 Å². The molecule has 0 saturated carbocycles. The van der Waals surface area contributed by atoms with E-state index >= 15 is 0 Å². The van der Waals surface area contributed by atoms with Crippen LogP contribution in [0.3, 0.4) is 0 Å². The van der Waals surface area contributed by atoms with Crippen molar-refractivity contribution in [1.29, 1.82) is 0 Å². The Morgan fingerprint density at radius 1 is 1.53 bits per heavy atom. The first-order chi connectivity index (χ1) is 7.11. The Hall–Kier alpha value is -1.91. The molecule has 2 heterocycles. The summed E-state index contributed by atoms with van der Waals surface area (Å²) in [7, 11) is 0. The zero-order chi connectivity index (χ0) is 11.0. The van der Waals surface area contributed by atoms with Crippen LogP contribution < -0.4 is 0 Å². The van der Waals surface area contributed by atoms with Gasteiger partial charge >= 0.3 is 5.97 Å². The van der Waals surface area contributed by atoms with Gasteiger partial charge in [-0.25, -0.2) is 9.78 Å². The van der Waals surface area contributed by atoms with Gasteiger partial charge in [-0.1, -0.05) is 13.8 Å². The molecule has 0 unspecified atom stereocenters. The summed E-state index contributed by atoms with van der Waals surface area (Å²) >= 11 is 0. The summed E-state index contributed by atoms with van der Waals surface area (Å²) in [5, 5.41) is 9.12. The summed E-state index contributed by atoms with van der Waals surface area (Å²) in [5.74, 6) is -0.881. The Morgan fingerprint density at radius 3 is 2.87 bits per heavy atom. The monoisotopic (exact) mass is 205 g/mol. The lowest BCUT2D eigenvalue weighted by Gasteiger charge is -2.01. The lowest BCUT2D eigenvalue weighted by Crippen LogP contribution is -2.06. The first kappa shape index (κ1) is 9.64. The minimum atomic E-state index is -0.961. The van der Waals surface area contributed by atoms with Gasteiger partial charge < -0.3 is 5.11 Å². The number of carboxylic acids is 1. The summed E-state index contributed by atoms with van der Waals surface area (Å²) in [5.41, 5.74) is 1.39. The average molecular weight is 205 g/mol. The van der Waals surface area contributed by atoms with Crippen LogP contribution in [0.5, 0.6) is 0 Å².